The van der Waals surface area contributed by atoms with Gasteiger partial charge in [-0.2, -0.15) is 0 Å². The summed E-state index contributed by atoms with van der Waals surface area (Å²) in [5.41, 5.74) is 2.85. The number of ether oxygens (including phenoxy) is 3. The first kappa shape index (κ1) is 18.7. The zero-order valence-electron chi connectivity index (χ0n) is 17.4. The quantitative estimate of drug-likeness (QED) is 0.694. The van der Waals surface area contributed by atoms with Crippen molar-refractivity contribution in [1.82, 2.24) is 5.32 Å². The van der Waals surface area contributed by atoms with E-state index < -0.39 is 5.41 Å². The highest BCUT2D eigenvalue weighted by molar-refractivity contribution is 6.11. The minimum atomic E-state index is -0.963. The summed E-state index contributed by atoms with van der Waals surface area (Å²) < 4.78 is 17.1. The van der Waals surface area contributed by atoms with Crippen LogP contribution in [0.3, 0.4) is 0 Å². The summed E-state index contributed by atoms with van der Waals surface area (Å²) >= 11 is 0. The summed E-state index contributed by atoms with van der Waals surface area (Å²) in [7, 11) is 1.60. The van der Waals surface area contributed by atoms with E-state index in [1.165, 1.54) is 0 Å². The third kappa shape index (κ3) is 2.42. The summed E-state index contributed by atoms with van der Waals surface area (Å²) in [5.74, 6) is 1.60. The van der Waals surface area contributed by atoms with Crippen LogP contribution in [0.5, 0.6) is 17.2 Å². The van der Waals surface area contributed by atoms with E-state index in [9.17, 15) is 9.59 Å². The number of amides is 2. The highest BCUT2D eigenvalue weighted by atomic mass is 16.7. The van der Waals surface area contributed by atoms with Gasteiger partial charge in [-0.05, 0) is 29.3 Å². The molecule has 1 spiro atoms. The average molecular weight is 428 g/mol. The maximum Gasteiger partial charge on any atom is 0.251 e. The molecule has 7 heteroatoms. The summed E-state index contributed by atoms with van der Waals surface area (Å²) in [6.07, 6.45) is 0. The molecule has 3 aromatic rings. The minimum Gasteiger partial charge on any atom is -0.491 e. The van der Waals surface area contributed by atoms with Crippen molar-refractivity contribution < 1.29 is 23.8 Å². The molecule has 32 heavy (non-hydrogen) atoms. The predicted molar refractivity (Wildman–Crippen MR) is 116 cm³/mol. The van der Waals surface area contributed by atoms with Crippen molar-refractivity contribution in [3.05, 3.63) is 82.9 Å². The van der Waals surface area contributed by atoms with Gasteiger partial charge in [-0.1, -0.05) is 36.4 Å². The van der Waals surface area contributed by atoms with Crippen LogP contribution in [0.4, 0.5) is 5.69 Å². The fourth-order valence-corrected chi connectivity index (χ4v) is 4.91. The molecule has 1 unspecified atom stereocenters. The van der Waals surface area contributed by atoms with Crippen LogP contribution in [-0.4, -0.2) is 32.3 Å². The molecule has 7 nitrogen and oxygen atoms in total. The second-order valence-electron chi connectivity index (χ2n) is 8.04. The zero-order valence-corrected chi connectivity index (χ0v) is 17.4. The predicted octanol–water partition coefficient (Wildman–Crippen LogP) is 3.00. The highest BCUT2D eigenvalue weighted by Crippen LogP contribution is 2.55. The molecule has 0 bridgehead atoms. The Morgan fingerprint density at radius 1 is 0.969 bits per heavy atom. The Hall–Kier alpha value is -4.00. The molecular formula is C25H20N2O5. The fraction of sp³-hybridized carbons (Fsp3) is 0.200. The molecule has 1 atom stereocenters. The molecule has 3 heterocycles. The number of hydrogen-bond donors (Lipinski definition) is 1. The van der Waals surface area contributed by atoms with E-state index in [2.05, 4.69) is 5.32 Å². The second-order valence-corrected chi connectivity index (χ2v) is 8.04. The Bertz CT molecular complexity index is 1290. The summed E-state index contributed by atoms with van der Waals surface area (Å²) in [4.78, 5) is 28.2. The number of nitrogens with zero attached hydrogens (tertiary/aromatic N) is 1. The molecule has 3 aromatic carbocycles. The first-order valence-electron chi connectivity index (χ1n) is 10.4. The van der Waals surface area contributed by atoms with Gasteiger partial charge in [0.25, 0.3) is 5.91 Å². The Balaban J connectivity index is 1.48. The van der Waals surface area contributed by atoms with Crippen LogP contribution in [-0.2, 0) is 16.8 Å². The number of anilines is 1. The molecule has 3 aliphatic heterocycles. The van der Waals surface area contributed by atoms with E-state index in [1.807, 2.05) is 48.5 Å². The normalized spacial score (nSPS) is 19.7. The molecule has 0 aliphatic carbocycles. The first-order valence-corrected chi connectivity index (χ1v) is 10.4. The molecule has 0 aromatic heterocycles. The van der Waals surface area contributed by atoms with E-state index in [0.29, 0.717) is 22.8 Å². The van der Waals surface area contributed by atoms with Gasteiger partial charge in [-0.25, -0.2) is 0 Å². The second kappa shape index (κ2) is 6.75. The molecule has 160 valence electrons. The van der Waals surface area contributed by atoms with Gasteiger partial charge in [-0.3, -0.25) is 9.59 Å². The van der Waals surface area contributed by atoms with Crippen LogP contribution in [0.1, 0.15) is 27.0 Å². The van der Waals surface area contributed by atoms with Gasteiger partial charge in [-0.15, -0.1) is 0 Å². The van der Waals surface area contributed by atoms with Crippen molar-refractivity contribution in [3.8, 4) is 17.2 Å². The standard InChI is InChI=1S/C25H20N2O5/c1-26-23(28)16-7-3-2-6-15(16)12-27-19-9-5-4-8-17(19)25(24(27)29)13-30-20-11-22-21(10-18(20)25)31-14-32-22/h2-11H,12-14H2,1H3,(H,26,28). The molecule has 6 rings (SSSR count). The van der Waals surface area contributed by atoms with Crippen LogP contribution in [0.25, 0.3) is 0 Å². The first-order chi connectivity index (χ1) is 15.6. The number of rotatable bonds is 3. The maximum atomic E-state index is 14.1. The highest BCUT2D eigenvalue weighted by Gasteiger charge is 2.57. The Morgan fingerprint density at radius 2 is 1.72 bits per heavy atom. The van der Waals surface area contributed by atoms with E-state index in [0.717, 1.165) is 22.4 Å². The lowest BCUT2D eigenvalue weighted by molar-refractivity contribution is -0.122. The Labute approximate surface area is 184 Å². The minimum absolute atomic E-state index is 0.0805. The van der Waals surface area contributed by atoms with Crippen molar-refractivity contribution in [2.24, 2.45) is 0 Å². The molecule has 1 N–H and O–H groups in total. The smallest absolute Gasteiger partial charge is 0.251 e. The summed E-state index contributed by atoms with van der Waals surface area (Å²) in [6.45, 7) is 0.633. The van der Waals surface area contributed by atoms with Crippen LogP contribution >= 0.6 is 0 Å². The van der Waals surface area contributed by atoms with Crippen LogP contribution in [0.2, 0.25) is 0 Å². The molecule has 3 aliphatic rings. The lowest BCUT2D eigenvalue weighted by atomic mass is 9.77. The van der Waals surface area contributed by atoms with Crippen molar-refractivity contribution in [2.75, 3.05) is 25.3 Å². The Morgan fingerprint density at radius 3 is 2.56 bits per heavy atom. The molecular weight excluding hydrogens is 408 g/mol. The van der Waals surface area contributed by atoms with Crippen molar-refractivity contribution in [3.63, 3.8) is 0 Å². The number of fused-ring (bicyclic) bond motifs is 5. The van der Waals surface area contributed by atoms with Gasteiger partial charge < -0.3 is 24.4 Å². The molecule has 0 saturated heterocycles. The van der Waals surface area contributed by atoms with Crippen LogP contribution < -0.4 is 24.4 Å². The SMILES string of the molecule is CNC(=O)c1ccccc1CN1C(=O)C2(COc3cc4c(cc32)OCO4)c2ccccc21. The number of carbonyl (C=O) groups excluding carboxylic acids is 2. The van der Waals surface area contributed by atoms with Gasteiger partial charge in [0.15, 0.2) is 11.5 Å². The third-order valence-electron chi connectivity index (χ3n) is 6.46. The van der Waals surface area contributed by atoms with Crippen LogP contribution in [0, 0.1) is 0 Å². The van der Waals surface area contributed by atoms with Gasteiger partial charge in [0.05, 0.1) is 6.54 Å². The van der Waals surface area contributed by atoms with Gasteiger partial charge in [0.1, 0.15) is 17.8 Å². The zero-order chi connectivity index (χ0) is 21.9. The third-order valence-corrected chi connectivity index (χ3v) is 6.46. The largest absolute Gasteiger partial charge is 0.491 e. The number of benzene rings is 3. The Kier molecular flexibility index (Phi) is 3.95. The number of carbonyl (C=O) groups is 2. The summed E-state index contributed by atoms with van der Waals surface area (Å²) in [6, 6.07) is 18.8. The van der Waals surface area contributed by atoms with Gasteiger partial charge >= 0.3 is 0 Å². The molecule has 0 fully saturated rings. The topological polar surface area (TPSA) is 77.1 Å². The van der Waals surface area contributed by atoms with Gasteiger partial charge in [0.2, 0.25) is 12.7 Å². The fourth-order valence-electron chi connectivity index (χ4n) is 4.91. The number of nitrogens with one attached hydrogen (secondary N) is 1. The molecule has 0 radical (unpaired) electrons. The molecule has 0 saturated carbocycles. The van der Waals surface area contributed by atoms with E-state index in [-0.39, 0.29) is 31.8 Å². The van der Waals surface area contributed by atoms with Gasteiger partial charge in [0, 0.05) is 29.9 Å². The van der Waals surface area contributed by atoms with Crippen molar-refractivity contribution in [1.29, 1.82) is 0 Å². The maximum absolute atomic E-state index is 14.1. The number of para-hydroxylation sites is 1. The summed E-state index contributed by atoms with van der Waals surface area (Å²) in [5, 5.41) is 2.67. The monoisotopic (exact) mass is 428 g/mol. The van der Waals surface area contributed by atoms with E-state index in [1.54, 1.807) is 24.1 Å². The van der Waals surface area contributed by atoms with E-state index in [4.69, 9.17) is 14.2 Å². The van der Waals surface area contributed by atoms with E-state index >= 15 is 0 Å². The van der Waals surface area contributed by atoms with Crippen molar-refractivity contribution in [2.45, 2.75) is 12.0 Å². The van der Waals surface area contributed by atoms with Crippen LogP contribution in [0.15, 0.2) is 60.7 Å². The molecule has 2 amide bonds. The lowest BCUT2D eigenvalue weighted by Crippen LogP contribution is -2.42. The lowest BCUT2D eigenvalue weighted by Gasteiger charge is -2.24. The number of hydrogen-bond acceptors (Lipinski definition) is 5. The average Bonchev–Trinajstić information content (AvgIpc) is 3.50. The van der Waals surface area contributed by atoms with Crippen molar-refractivity contribution >= 4 is 17.5 Å².